The van der Waals surface area contributed by atoms with E-state index in [0.717, 1.165) is 32.1 Å². The lowest BCUT2D eigenvalue weighted by molar-refractivity contribution is -0.148. The highest BCUT2D eigenvalue weighted by Gasteiger charge is 2.44. The Hall–Kier alpha value is -1.41. The first kappa shape index (κ1) is 12.7. The molecule has 2 nitrogen and oxygen atoms in total. The molecule has 16 heavy (non-hydrogen) atoms. The van der Waals surface area contributed by atoms with Gasteiger partial charge in [-0.2, -0.15) is 0 Å². The van der Waals surface area contributed by atoms with Crippen LogP contribution in [0.3, 0.4) is 0 Å². The normalized spacial score (nSPS) is 29.8. The monoisotopic (exact) mass is 218 g/mol. The molecule has 1 saturated carbocycles. The van der Waals surface area contributed by atoms with E-state index in [0.29, 0.717) is 12.8 Å². The summed E-state index contributed by atoms with van der Waals surface area (Å²) in [4.78, 5) is 11.4. The van der Waals surface area contributed by atoms with Crippen molar-refractivity contribution in [3.8, 4) is 24.7 Å². The van der Waals surface area contributed by atoms with Crippen LogP contribution in [0.1, 0.15) is 44.9 Å². The maximum Gasteiger partial charge on any atom is 0.322 e. The minimum Gasteiger partial charge on any atom is -0.480 e. The highest BCUT2D eigenvalue weighted by atomic mass is 16.4. The van der Waals surface area contributed by atoms with Crippen LogP contribution >= 0.6 is 0 Å². The third-order valence-corrected chi connectivity index (χ3v) is 3.60. The van der Waals surface area contributed by atoms with Gasteiger partial charge in [0.05, 0.1) is 0 Å². The summed E-state index contributed by atoms with van der Waals surface area (Å²) in [6.07, 6.45) is 16.6. The van der Waals surface area contributed by atoms with Crippen molar-refractivity contribution in [1.82, 2.24) is 0 Å². The molecule has 0 bridgehead atoms. The van der Waals surface area contributed by atoms with Crippen LogP contribution in [0.2, 0.25) is 0 Å². The highest BCUT2D eigenvalue weighted by Crippen LogP contribution is 2.42. The second-order valence-electron chi connectivity index (χ2n) is 4.46. The van der Waals surface area contributed by atoms with Crippen molar-refractivity contribution >= 4 is 5.97 Å². The Morgan fingerprint density at radius 2 is 2.12 bits per heavy atom. The van der Waals surface area contributed by atoms with Crippen LogP contribution in [-0.4, -0.2) is 11.1 Å². The predicted octanol–water partition coefficient (Wildman–Crippen LogP) is 2.68. The van der Waals surface area contributed by atoms with Crippen molar-refractivity contribution < 1.29 is 9.90 Å². The zero-order chi connectivity index (χ0) is 12.0. The van der Waals surface area contributed by atoms with Crippen molar-refractivity contribution in [1.29, 1.82) is 0 Å². The summed E-state index contributed by atoms with van der Waals surface area (Å²) in [5.74, 6) is 4.31. The molecule has 0 saturated heterocycles. The fourth-order valence-electron chi connectivity index (χ4n) is 2.60. The Kier molecular flexibility index (Phi) is 4.44. The summed E-state index contributed by atoms with van der Waals surface area (Å²) in [5.41, 5.74) is -0.979. The molecule has 1 rings (SSSR count). The van der Waals surface area contributed by atoms with Crippen molar-refractivity contribution in [2.24, 2.45) is 11.3 Å². The van der Waals surface area contributed by atoms with Gasteiger partial charge >= 0.3 is 5.97 Å². The second-order valence-corrected chi connectivity index (χ2v) is 4.46. The van der Waals surface area contributed by atoms with Crippen molar-refractivity contribution in [2.45, 2.75) is 44.9 Å². The van der Waals surface area contributed by atoms with E-state index in [1.54, 1.807) is 0 Å². The van der Waals surface area contributed by atoms with Gasteiger partial charge < -0.3 is 5.11 Å². The number of hydrogen-bond acceptors (Lipinski definition) is 1. The summed E-state index contributed by atoms with van der Waals surface area (Å²) in [6, 6.07) is 0. The molecule has 0 aromatic heterocycles. The largest absolute Gasteiger partial charge is 0.480 e. The van der Waals surface area contributed by atoms with E-state index in [-0.39, 0.29) is 5.92 Å². The number of carboxylic acids is 1. The lowest BCUT2D eigenvalue weighted by Gasteiger charge is -2.30. The summed E-state index contributed by atoms with van der Waals surface area (Å²) in [6.45, 7) is 0. The Bertz CT molecular complexity index is 332. The predicted molar refractivity (Wildman–Crippen MR) is 63.5 cm³/mol. The van der Waals surface area contributed by atoms with Crippen LogP contribution in [0.4, 0.5) is 0 Å². The maximum atomic E-state index is 11.4. The molecule has 86 valence electrons. The first-order valence-corrected chi connectivity index (χ1v) is 5.82. The standard InChI is InChI=1S/C14H18O2/c1-3-5-9-12-10-7-6-8-11-14(12,4-2)13(15)16/h1-2,12H,5-11H2,(H,15,16)/t12-,14-/m0/s1. The lowest BCUT2D eigenvalue weighted by atomic mass is 9.70. The molecule has 1 aliphatic rings. The zero-order valence-corrected chi connectivity index (χ0v) is 9.54. The number of carboxylic acid groups (broad SMARTS) is 1. The Morgan fingerprint density at radius 3 is 2.69 bits per heavy atom. The quantitative estimate of drug-likeness (QED) is 0.584. The van der Waals surface area contributed by atoms with Gasteiger partial charge in [-0.3, -0.25) is 4.79 Å². The van der Waals surface area contributed by atoms with Gasteiger partial charge in [0.1, 0.15) is 5.41 Å². The van der Waals surface area contributed by atoms with Crippen LogP contribution in [0.15, 0.2) is 0 Å². The second kappa shape index (κ2) is 5.61. The number of hydrogen-bond donors (Lipinski definition) is 1. The Morgan fingerprint density at radius 1 is 1.38 bits per heavy atom. The summed E-state index contributed by atoms with van der Waals surface area (Å²) in [7, 11) is 0. The van der Waals surface area contributed by atoms with Gasteiger partial charge in [-0.15, -0.1) is 18.8 Å². The third kappa shape index (κ3) is 2.39. The van der Waals surface area contributed by atoms with E-state index in [2.05, 4.69) is 11.8 Å². The minimum atomic E-state index is -0.979. The van der Waals surface area contributed by atoms with E-state index in [1.165, 1.54) is 0 Å². The molecule has 0 aromatic carbocycles. The van der Waals surface area contributed by atoms with Gasteiger partial charge in [-0.25, -0.2) is 0 Å². The van der Waals surface area contributed by atoms with Crippen molar-refractivity contribution in [2.75, 3.05) is 0 Å². The van der Waals surface area contributed by atoms with E-state index in [9.17, 15) is 9.90 Å². The van der Waals surface area contributed by atoms with Gasteiger partial charge in [0.15, 0.2) is 0 Å². The SMILES string of the molecule is C#CCC[C@H]1CCCCC[C@]1(C#C)C(=O)O. The average molecular weight is 218 g/mol. The van der Waals surface area contributed by atoms with E-state index in [4.69, 9.17) is 12.8 Å². The van der Waals surface area contributed by atoms with E-state index in [1.807, 2.05) is 0 Å². The highest BCUT2D eigenvalue weighted by molar-refractivity contribution is 5.79. The average Bonchev–Trinajstić information content (AvgIpc) is 2.48. The Labute approximate surface area is 97.4 Å². The van der Waals surface area contributed by atoms with Crippen molar-refractivity contribution in [3.63, 3.8) is 0 Å². The maximum absolute atomic E-state index is 11.4. The molecule has 2 heteroatoms. The summed E-state index contributed by atoms with van der Waals surface area (Å²) in [5, 5.41) is 9.39. The summed E-state index contributed by atoms with van der Waals surface area (Å²) >= 11 is 0. The topological polar surface area (TPSA) is 37.3 Å². The molecule has 0 heterocycles. The molecule has 2 atom stereocenters. The molecule has 0 unspecified atom stereocenters. The number of terminal acetylenes is 2. The van der Waals surface area contributed by atoms with Gasteiger partial charge in [0, 0.05) is 6.42 Å². The Balaban J connectivity index is 2.93. The summed E-state index contributed by atoms with van der Waals surface area (Å²) < 4.78 is 0. The van der Waals surface area contributed by atoms with E-state index < -0.39 is 11.4 Å². The van der Waals surface area contributed by atoms with Crippen molar-refractivity contribution in [3.05, 3.63) is 0 Å². The van der Waals surface area contributed by atoms with Crippen LogP contribution < -0.4 is 0 Å². The van der Waals surface area contributed by atoms with Gasteiger partial charge in [-0.05, 0) is 25.2 Å². The van der Waals surface area contributed by atoms with Crippen LogP contribution in [-0.2, 0) is 4.79 Å². The number of aliphatic carboxylic acids is 1. The first-order valence-electron chi connectivity index (χ1n) is 5.82. The molecule has 0 aromatic rings. The van der Waals surface area contributed by atoms with Gasteiger partial charge in [0.2, 0.25) is 0 Å². The van der Waals surface area contributed by atoms with Crippen LogP contribution in [0.25, 0.3) is 0 Å². The van der Waals surface area contributed by atoms with Gasteiger partial charge in [0.25, 0.3) is 0 Å². The molecular formula is C14H18O2. The molecule has 0 aliphatic heterocycles. The smallest absolute Gasteiger partial charge is 0.322 e. The molecule has 1 aliphatic carbocycles. The first-order chi connectivity index (χ1) is 7.67. The third-order valence-electron chi connectivity index (χ3n) is 3.60. The molecule has 0 spiro atoms. The number of carbonyl (C=O) groups is 1. The molecule has 0 radical (unpaired) electrons. The molecule has 1 N–H and O–H groups in total. The fraction of sp³-hybridized carbons (Fsp3) is 0.643. The number of rotatable bonds is 3. The fourth-order valence-corrected chi connectivity index (χ4v) is 2.60. The molecular weight excluding hydrogens is 200 g/mol. The lowest BCUT2D eigenvalue weighted by Crippen LogP contribution is -2.36. The zero-order valence-electron chi connectivity index (χ0n) is 9.54. The molecule has 1 fully saturated rings. The van der Waals surface area contributed by atoms with E-state index >= 15 is 0 Å². The minimum absolute atomic E-state index is 0.0357. The van der Waals surface area contributed by atoms with Crippen LogP contribution in [0, 0.1) is 36.0 Å². The van der Waals surface area contributed by atoms with Gasteiger partial charge in [-0.1, -0.05) is 25.2 Å². The molecule has 0 amide bonds. The van der Waals surface area contributed by atoms with Crippen LogP contribution in [0.5, 0.6) is 0 Å².